The first-order chi connectivity index (χ1) is 10.6. The van der Waals surface area contributed by atoms with Crippen LogP contribution < -0.4 is 5.73 Å². The highest BCUT2D eigenvalue weighted by Gasteiger charge is 2.07. The van der Waals surface area contributed by atoms with Gasteiger partial charge in [-0.1, -0.05) is 59.8 Å². The second kappa shape index (κ2) is 7.96. The van der Waals surface area contributed by atoms with Crippen molar-refractivity contribution < 1.29 is 4.39 Å². The summed E-state index contributed by atoms with van der Waals surface area (Å²) in [6.45, 7) is 1.80. The van der Waals surface area contributed by atoms with E-state index in [2.05, 4.69) is 10.2 Å². The first-order valence-electron chi connectivity index (χ1n) is 6.55. The van der Waals surface area contributed by atoms with Gasteiger partial charge in [-0.3, -0.25) is 0 Å². The van der Waals surface area contributed by atoms with Crippen molar-refractivity contribution in [1.29, 1.82) is 0 Å². The molecule has 0 atom stereocenters. The summed E-state index contributed by atoms with van der Waals surface area (Å²) < 4.78 is 13.7. The summed E-state index contributed by atoms with van der Waals surface area (Å²) in [6, 6.07) is 12.9. The molecule has 0 spiro atoms. The zero-order chi connectivity index (χ0) is 15.9. The molecule has 3 nitrogen and oxygen atoms in total. The zero-order valence-electron chi connectivity index (χ0n) is 12.0. The molecular formula is C16H15ClFN3S. The van der Waals surface area contributed by atoms with Crippen LogP contribution in [-0.2, 0) is 5.75 Å². The van der Waals surface area contributed by atoms with Crippen LogP contribution in [-0.4, -0.2) is 11.4 Å². The number of benzene rings is 2. The minimum absolute atomic E-state index is 0.214. The van der Waals surface area contributed by atoms with E-state index < -0.39 is 5.82 Å². The van der Waals surface area contributed by atoms with E-state index >= 15 is 0 Å². The van der Waals surface area contributed by atoms with Gasteiger partial charge in [0.05, 0.1) is 11.2 Å². The number of thioether (sulfide) groups is 1. The van der Waals surface area contributed by atoms with Crippen LogP contribution in [0.3, 0.4) is 0 Å². The Balaban J connectivity index is 2.00. The van der Waals surface area contributed by atoms with E-state index in [0.717, 1.165) is 11.1 Å². The fourth-order valence-electron chi connectivity index (χ4n) is 1.70. The van der Waals surface area contributed by atoms with Gasteiger partial charge in [-0.15, -0.1) is 5.10 Å². The average molecular weight is 336 g/mol. The Labute approximate surface area is 138 Å². The third kappa shape index (κ3) is 4.58. The highest BCUT2D eigenvalue weighted by Crippen LogP contribution is 2.21. The van der Waals surface area contributed by atoms with Crippen molar-refractivity contribution in [3.05, 3.63) is 70.0 Å². The normalized spacial score (nSPS) is 12.0. The van der Waals surface area contributed by atoms with Gasteiger partial charge in [0.2, 0.25) is 0 Å². The molecule has 0 fully saturated rings. The Kier molecular flexibility index (Phi) is 5.98. The smallest absolute Gasteiger partial charge is 0.180 e. The van der Waals surface area contributed by atoms with Crippen LogP contribution in [0.15, 0.2) is 52.7 Å². The Morgan fingerprint density at radius 3 is 2.73 bits per heavy atom. The summed E-state index contributed by atoms with van der Waals surface area (Å²) in [4.78, 5) is 0. The number of aryl methyl sites for hydroxylation is 1. The molecule has 2 N–H and O–H groups in total. The summed E-state index contributed by atoms with van der Waals surface area (Å²) in [5.41, 5.74) is 7.90. The van der Waals surface area contributed by atoms with E-state index in [0.29, 0.717) is 15.9 Å². The van der Waals surface area contributed by atoms with Gasteiger partial charge in [0.15, 0.2) is 5.17 Å². The quantitative estimate of drug-likeness (QED) is 0.512. The highest BCUT2D eigenvalue weighted by molar-refractivity contribution is 8.13. The number of nitrogens with zero attached hydrogens (tertiary/aromatic N) is 2. The lowest BCUT2D eigenvalue weighted by Crippen LogP contribution is -2.06. The third-order valence-corrected chi connectivity index (χ3v) is 4.25. The van der Waals surface area contributed by atoms with E-state index in [4.69, 9.17) is 17.3 Å². The number of hydrogen-bond donors (Lipinski definition) is 1. The van der Waals surface area contributed by atoms with Crippen LogP contribution >= 0.6 is 23.4 Å². The molecule has 2 rings (SSSR count). The van der Waals surface area contributed by atoms with Crippen molar-refractivity contribution in [2.24, 2.45) is 15.9 Å². The first kappa shape index (κ1) is 16.5. The van der Waals surface area contributed by atoms with Crippen molar-refractivity contribution in [3.8, 4) is 0 Å². The second-order valence-electron chi connectivity index (χ2n) is 4.55. The molecular weight excluding hydrogens is 321 g/mol. The molecule has 114 valence electrons. The maximum Gasteiger partial charge on any atom is 0.180 e. The standard InChI is InChI=1S/C16H15ClFN3S/c1-11-7-8-14(18)13(15(11)17)9-20-21-16(19)22-10-12-5-3-2-4-6-12/h2-9H,10H2,1H3,(H2,19,21). The molecule has 0 bridgehead atoms. The van der Waals surface area contributed by atoms with Crippen molar-refractivity contribution in [2.75, 3.05) is 0 Å². The molecule has 0 saturated carbocycles. The van der Waals surface area contributed by atoms with E-state index in [1.807, 2.05) is 30.3 Å². The molecule has 2 aromatic rings. The Morgan fingerprint density at radius 1 is 1.27 bits per heavy atom. The number of hydrogen-bond acceptors (Lipinski definition) is 3. The maximum atomic E-state index is 13.7. The zero-order valence-corrected chi connectivity index (χ0v) is 13.5. The molecule has 6 heteroatoms. The van der Waals surface area contributed by atoms with Crippen LogP contribution in [0.25, 0.3) is 0 Å². The summed E-state index contributed by atoms with van der Waals surface area (Å²) >= 11 is 7.40. The topological polar surface area (TPSA) is 50.7 Å². The van der Waals surface area contributed by atoms with Crippen LogP contribution in [0.1, 0.15) is 16.7 Å². The average Bonchev–Trinajstić information content (AvgIpc) is 2.53. The predicted octanol–water partition coefficient (Wildman–Crippen LogP) is 4.37. The van der Waals surface area contributed by atoms with Gasteiger partial charge < -0.3 is 5.73 Å². The molecule has 2 aromatic carbocycles. The maximum absolute atomic E-state index is 13.7. The van der Waals surface area contributed by atoms with Crippen LogP contribution in [0.4, 0.5) is 4.39 Å². The van der Waals surface area contributed by atoms with Gasteiger partial charge >= 0.3 is 0 Å². The first-order valence-corrected chi connectivity index (χ1v) is 7.92. The van der Waals surface area contributed by atoms with Crippen LogP contribution in [0, 0.1) is 12.7 Å². The molecule has 22 heavy (non-hydrogen) atoms. The van der Waals surface area contributed by atoms with E-state index in [1.165, 1.54) is 24.0 Å². The Bertz CT molecular complexity index is 702. The van der Waals surface area contributed by atoms with Crippen LogP contribution in [0.2, 0.25) is 5.02 Å². The van der Waals surface area contributed by atoms with E-state index in [1.54, 1.807) is 13.0 Å². The summed E-state index contributed by atoms with van der Waals surface area (Å²) in [6.07, 6.45) is 1.28. The summed E-state index contributed by atoms with van der Waals surface area (Å²) in [5, 5.41) is 8.29. The SMILES string of the molecule is Cc1ccc(F)c(C=NN=C(N)SCc2ccccc2)c1Cl. The number of rotatable bonds is 4. The molecule has 0 aromatic heterocycles. The molecule has 0 aliphatic heterocycles. The van der Waals surface area contributed by atoms with Gasteiger partial charge in [0, 0.05) is 11.3 Å². The lowest BCUT2D eigenvalue weighted by molar-refractivity contribution is 0.625. The third-order valence-electron chi connectivity index (χ3n) is 2.89. The lowest BCUT2D eigenvalue weighted by Gasteiger charge is -2.02. The van der Waals surface area contributed by atoms with E-state index in [9.17, 15) is 4.39 Å². The Hall–Kier alpha value is -1.85. The molecule has 0 aliphatic carbocycles. The van der Waals surface area contributed by atoms with Crippen molar-refractivity contribution in [3.63, 3.8) is 0 Å². The lowest BCUT2D eigenvalue weighted by atomic mass is 10.1. The fraction of sp³-hybridized carbons (Fsp3) is 0.125. The Morgan fingerprint density at radius 2 is 2.00 bits per heavy atom. The van der Waals surface area contributed by atoms with Gasteiger partial charge in [0.1, 0.15) is 5.82 Å². The molecule has 0 heterocycles. The molecule has 0 saturated heterocycles. The number of nitrogens with two attached hydrogens (primary N) is 1. The van der Waals surface area contributed by atoms with Crippen molar-refractivity contribution in [2.45, 2.75) is 12.7 Å². The van der Waals surface area contributed by atoms with Crippen LogP contribution in [0.5, 0.6) is 0 Å². The number of halogens is 2. The van der Waals surface area contributed by atoms with Crippen molar-refractivity contribution >= 4 is 34.7 Å². The minimum Gasteiger partial charge on any atom is -0.377 e. The minimum atomic E-state index is -0.440. The highest BCUT2D eigenvalue weighted by atomic mass is 35.5. The molecule has 0 amide bonds. The van der Waals surface area contributed by atoms with Gasteiger partial charge in [0.25, 0.3) is 0 Å². The van der Waals surface area contributed by atoms with Gasteiger partial charge in [-0.25, -0.2) is 4.39 Å². The van der Waals surface area contributed by atoms with Gasteiger partial charge in [-0.2, -0.15) is 5.10 Å². The molecule has 0 unspecified atom stereocenters. The second-order valence-corrected chi connectivity index (χ2v) is 5.92. The molecule has 0 aliphatic rings. The summed E-state index contributed by atoms with van der Waals surface area (Å²) in [5.74, 6) is 0.260. The van der Waals surface area contributed by atoms with Gasteiger partial charge in [-0.05, 0) is 24.1 Å². The largest absolute Gasteiger partial charge is 0.377 e. The monoisotopic (exact) mass is 335 g/mol. The predicted molar refractivity (Wildman–Crippen MR) is 93.1 cm³/mol. The number of amidine groups is 1. The fourth-order valence-corrected chi connectivity index (χ4v) is 2.51. The van der Waals surface area contributed by atoms with Crippen molar-refractivity contribution in [1.82, 2.24) is 0 Å². The van der Waals surface area contributed by atoms with E-state index in [-0.39, 0.29) is 5.56 Å². The molecule has 0 radical (unpaired) electrons. The summed E-state index contributed by atoms with van der Waals surface area (Å²) in [7, 11) is 0.